The van der Waals surface area contributed by atoms with Gasteiger partial charge >= 0.3 is 0 Å². The molecule has 0 spiro atoms. The Labute approximate surface area is 122 Å². The fourth-order valence-corrected chi connectivity index (χ4v) is 3.93. The predicted octanol–water partition coefficient (Wildman–Crippen LogP) is 1.60. The van der Waals surface area contributed by atoms with Crippen molar-refractivity contribution in [3.8, 4) is 0 Å². The van der Waals surface area contributed by atoms with Gasteiger partial charge in [0, 0.05) is 32.2 Å². The monoisotopic (exact) mass is 290 g/mol. The zero-order valence-corrected chi connectivity index (χ0v) is 12.2. The molecule has 0 radical (unpaired) electrons. The molecule has 0 aromatic carbocycles. The number of anilines is 1. The molecule has 0 aliphatic carbocycles. The maximum atomic E-state index is 5.44. The molecule has 2 aromatic heterocycles. The molecule has 4 rings (SSSR count). The first-order chi connectivity index (χ1) is 9.92. The summed E-state index contributed by atoms with van der Waals surface area (Å²) >= 11 is 1.68. The van der Waals surface area contributed by atoms with Crippen molar-refractivity contribution in [2.24, 2.45) is 0 Å². The van der Waals surface area contributed by atoms with Crippen molar-refractivity contribution < 1.29 is 4.74 Å². The summed E-state index contributed by atoms with van der Waals surface area (Å²) in [5, 5.41) is 3.29. The highest BCUT2D eigenvalue weighted by atomic mass is 32.1. The Morgan fingerprint density at radius 3 is 3.00 bits per heavy atom. The summed E-state index contributed by atoms with van der Waals surface area (Å²) in [6.07, 6.45) is 2.91. The van der Waals surface area contributed by atoms with E-state index in [1.807, 2.05) is 0 Å². The number of fused-ring (bicyclic) bond motifs is 1. The van der Waals surface area contributed by atoms with Gasteiger partial charge in [-0.25, -0.2) is 9.97 Å². The first kappa shape index (κ1) is 12.5. The lowest BCUT2D eigenvalue weighted by molar-refractivity contribution is 0.0209. The number of rotatable bonds is 2. The van der Waals surface area contributed by atoms with E-state index >= 15 is 0 Å². The average molecular weight is 290 g/mol. The van der Waals surface area contributed by atoms with Crippen LogP contribution in [-0.4, -0.2) is 60.3 Å². The standard InChI is InChI=1S/C14H18N4OS/c1-3-18(9-11(1)17-4-6-19-7-5-17)13-12-2-8-20-14(12)16-10-15-13/h2,8,10-11H,1,3-7,9H2. The number of aromatic nitrogens is 2. The molecule has 0 saturated carbocycles. The van der Waals surface area contributed by atoms with Crippen molar-refractivity contribution in [1.29, 1.82) is 0 Å². The van der Waals surface area contributed by atoms with Gasteiger partial charge in [-0.2, -0.15) is 0 Å². The van der Waals surface area contributed by atoms with E-state index in [0.29, 0.717) is 6.04 Å². The minimum absolute atomic E-state index is 0.641. The molecule has 6 heteroatoms. The minimum atomic E-state index is 0.641. The molecule has 2 aliphatic rings. The van der Waals surface area contributed by atoms with Crippen LogP contribution in [0.2, 0.25) is 0 Å². The summed E-state index contributed by atoms with van der Waals surface area (Å²) in [4.78, 5) is 14.9. The average Bonchev–Trinajstić information content (AvgIpc) is 3.17. The number of nitrogens with zero attached hydrogens (tertiary/aromatic N) is 4. The Morgan fingerprint density at radius 1 is 1.20 bits per heavy atom. The van der Waals surface area contributed by atoms with Gasteiger partial charge in [-0.15, -0.1) is 11.3 Å². The summed E-state index contributed by atoms with van der Waals surface area (Å²) < 4.78 is 5.44. The first-order valence-electron chi connectivity index (χ1n) is 7.17. The van der Waals surface area contributed by atoms with E-state index in [-0.39, 0.29) is 0 Å². The largest absolute Gasteiger partial charge is 0.379 e. The number of thiophene rings is 1. The second-order valence-electron chi connectivity index (χ2n) is 5.37. The minimum Gasteiger partial charge on any atom is -0.379 e. The molecular weight excluding hydrogens is 272 g/mol. The van der Waals surface area contributed by atoms with Gasteiger partial charge in [-0.1, -0.05) is 0 Å². The molecule has 4 heterocycles. The second kappa shape index (κ2) is 5.27. The van der Waals surface area contributed by atoms with Gasteiger partial charge in [-0.3, -0.25) is 4.90 Å². The SMILES string of the molecule is c1nc(N2CCC(N3CCOCC3)C2)c2ccsc2n1. The molecule has 0 bridgehead atoms. The fraction of sp³-hybridized carbons (Fsp3) is 0.571. The number of morpholine rings is 1. The molecule has 2 aromatic rings. The van der Waals surface area contributed by atoms with Crippen LogP contribution in [0.4, 0.5) is 5.82 Å². The number of ether oxygens (including phenoxy) is 1. The number of hydrogen-bond donors (Lipinski definition) is 0. The normalized spacial score (nSPS) is 24.6. The summed E-state index contributed by atoms with van der Waals surface area (Å²) in [6, 6.07) is 2.78. The molecule has 2 aliphatic heterocycles. The Bertz CT molecular complexity index is 596. The Kier molecular flexibility index (Phi) is 3.29. The summed E-state index contributed by atoms with van der Waals surface area (Å²) in [7, 11) is 0. The van der Waals surface area contributed by atoms with Crippen LogP contribution in [0.15, 0.2) is 17.8 Å². The van der Waals surface area contributed by atoms with E-state index < -0.39 is 0 Å². The van der Waals surface area contributed by atoms with Gasteiger partial charge in [0.1, 0.15) is 17.0 Å². The van der Waals surface area contributed by atoms with E-state index in [2.05, 4.69) is 31.2 Å². The van der Waals surface area contributed by atoms with Crippen molar-refractivity contribution >= 4 is 27.4 Å². The molecule has 2 fully saturated rings. The van der Waals surface area contributed by atoms with Crippen LogP contribution < -0.4 is 4.90 Å². The third-order valence-electron chi connectivity index (χ3n) is 4.27. The fourth-order valence-electron chi connectivity index (χ4n) is 3.20. The van der Waals surface area contributed by atoms with E-state index in [1.165, 1.54) is 11.8 Å². The van der Waals surface area contributed by atoms with Crippen molar-refractivity contribution in [3.05, 3.63) is 17.8 Å². The Balaban J connectivity index is 1.54. The maximum absolute atomic E-state index is 5.44. The van der Waals surface area contributed by atoms with Crippen molar-refractivity contribution in [3.63, 3.8) is 0 Å². The smallest absolute Gasteiger partial charge is 0.140 e. The third-order valence-corrected chi connectivity index (χ3v) is 5.09. The molecule has 1 atom stereocenters. The van der Waals surface area contributed by atoms with Gasteiger partial charge in [0.25, 0.3) is 0 Å². The molecule has 106 valence electrons. The maximum Gasteiger partial charge on any atom is 0.140 e. The topological polar surface area (TPSA) is 41.5 Å². The molecule has 0 N–H and O–H groups in total. The second-order valence-corrected chi connectivity index (χ2v) is 6.27. The van der Waals surface area contributed by atoms with E-state index in [4.69, 9.17) is 4.74 Å². The first-order valence-corrected chi connectivity index (χ1v) is 8.05. The van der Waals surface area contributed by atoms with E-state index in [0.717, 1.165) is 50.0 Å². The quantitative estimate of drug-likeness (QED) is 0.840. The summed E-state index contributed by atoms with van der Waals surface area (Å²) in [6.45, 7) is 6.04. The highest BCUT2D eigenvalue weighted by molar-refractivity contribution is 7.16. The van der Waals surface area contributed by atoms with Gasteiger partial charge in [0.15, 0.2) is 0 Å². The van der Waals surface area contributed by atoms with Crippen LogP contribution in [0.1, 0.15) is 6.42 Å². The number of hydrogen-bond acceptors (Lipinski definition) is 6. The molecule has 20 heavy (non-hydrogen) atoms. The van der Waals surface area contributed by atoms with Crippen LogP contribution in [-0.2, 0) is 4.74 Å². The van der Waals surface area contributed by atoms with Crippen LogP contribution in [0.3, 0.4) is 0 Å². The predicted molar refractivity (Wildman–Crippen MR) is 80.4 cm³/mol. The lowest BCUT2D eigenvalue weighted by atomic mass is 10.2. The lowest BCUT2D eigenvalue weighted by Gasteiger charge is -2.32. The zero-order chi connectivity index (χ0) is 13.4. The van der Waals surface area contributed by atoms with Gasteiger partial charge in [-0.05, 0) is 17.9 Å². The molecule has 0 amide bonds. The molecule has 2 saturated heterocycles. The molecule has 5 nitrogen and oxygen atoms in total. The van der Waals surface area contributed by atoms with Crippen molar-refractivity contribution in [1.82, 2.24) is 14.9 Å². The van der Waals surface area contributed by atoms with Crippen molar-refractivity contribution in [2.75, 3.05) is 44.3 Å². The van der Waals surface area contributed by atoms with Crippen LogP contribution >= 0.6 is 11.3 Å². The summed E-state index contributed by atoms with van der Waals surface area (Å²) in [5.41, 5.74) is 0. The Hall–Kier alpha value is -1.24. The van der Waals surface area contributed by atoms with E-state index in [1.54, 1.807) is 17.7 Å². The highest BCUT2D eigenvalue weighted by Crippen LogP contribution is 2.30. The van der Waals surface area contributed by atoms with Crippen molar-refractivity contribution in [2.45, 2.75) is 12.5 Å². The Morgan fingerprint density at radius 2 is 2.10 bits per heavy atom. The van der Waals surface area contributed by atoms with Gasteiger partial charge < -0.3 is 9.64 Å². The van der Waals surface area contributed by atoms with Gasteiger partial charge in [0.05, 0.1) is 18.6 Å². The van der Waals surface area contributed by atoms with Crippen LogP contribution in [0.5, 0.6) is 0 Å². The molecule has 1 unspecified atom stereocenters. The van der Waals surface area contributed by atoms with E-state index in [9.17, 15) is 0 Å². The highest BCUT2D eigenvalue weighted by Gasteiger charge is 2.30. The van der Waals surface area contributed by atoms with Gasteiger partial charge in [0.2, 0.25) is 0 Å². The third kappa shape index (κ3) is 2.17. The zero-order valence-electron chi connectivity index (χ0n) is 11.4. The lowest BCUT2D eigenvalue weighted by Crippen LogP contribution is -2.44. The summed E-state index contributed by atoms with van der Waals surface area (Å²) in [5.74, 6) is 1.10. The van der Waals surface area contributed by atoms with Crippen LogP contribution in [0, 0.1) is 0 Å². The van der Waals surface area contributed by atoms with Crippen LogP contribution in [0.25, 0.3) is 10.2 Å². The molecular formula is C14H18N4OS.